The minimum Gasteiger partial charge on any atom is -0.342 e. The van der Waals surface area contributed by atoms with Crippen LogP contribution in [-0.4, -0.2) is 48.9 Å². The average Bonchev–Trinajstić information content (AvgIpc) is 3.42. The third-order valence-corrected chi connectivity index (χ3v) is 5.55. The number of rotatable bonds is 4. The number of nitrogens with one attached hydrogen (secondary N) is 1. The van der Waals surface area contributed by atoms with Crippen molar-refractivity contribution in [3.05, 3.63) is 77.6 Å². The van der Waals surface area contributed by atoms with Crippen molar-refractivity contribution in [1.82, 2.24) is 29.9 Å². The van der Waals surface area contributed by atoms with Crippen LogP contribution in [0.5, 0.6) is 0 Å². The Bertz CT molecular complexity index is 1170. The second kappa shape index (κ2) is 7.70. The highest BCUT2D eigenvalue weighted by molar-refractivity contribution is 5.92. The predicted octanol–water partition coefficient (Wildman–Crippen LogP) is 3.36. The number of piperidine rings is 1. The minimum atomic E-state index is -0.300. The highest BCUT2D eigenvalue weighted by Gasteiger charge is 2.28. The van der Waals surface area contributed by atoms with Crippen molar-refractivity contribution in [3.63, 3.8) is 0 Å². The molecule has 0 unspecified atom stereocenters. The van der Waals surface area contributed by atoms with Crippen LogP contribution in [-0.2, 0) is 6.54 Å². The van der Waals surface area contributed by atoms with Crippen LogP contribution < -0.4 is 0 Å². The molecule has 4 aromatic rings. The Morgan fingerprint density at radius 2 is 2.00 bits per heavy atom. The van der Waals surface area contributed by atoms with E-state index in [0.29, 0.717) is 18.7 Å². The van der Waals surface area contributed by atoms with Crippen LogP contribution in [0.15, 0.2) is 54.7 Å². The van der Waals surface area contributed by atoms with E-state index in [9.17, 15) is 9.18 Å². The maximum Gasteiger partial charge on any atom is 0.276 e. The van der Waals surface area contributed by atoms with E-state index < -0.39 is 0 Å². The highest BCUT2D eigenvalue weighted by Crippen LogP contribution is 2.27. The Labute approximate surface area is 172 Å². The third-order valence-electron chi connectivity index (χ3n) is 5.55. The minimum absolute atomic E-state index is 0.156. The third kappa shape index (κ3) is 3.56. The van der Waals surface area contributed by atoms with Gasteiger partial charge in [-0.05, 0) is 31.0 Å². The second-order valence-electron chi connectivity index (χ2n) is 7.62. The van der Waals surface area contributed by atoms with E-state index in [0.717, 1.165) is 29.7 Å². The number of fused-ring (bicyclic) bond motifs is 1. The highest BCUT2D eigenvalue weighted by atomic mass is 19.1. The van der Waals surface area contributed by atoms with E-state index in [-0.39, 0.29) is 29.9 Å². The Balaban J connectivity index is 1.30. The molecule has 2 aromatic heterocycles. The van der Waals surface area contributed by atoms with Crippen molar-refractivity contribution in [2.75, 3.05) is 13.1 Å². The molecule has 1 fully saturated rings. The summed E-state index contributed by atoms with van der Waals surface area (Å²) in [5, 5.41) is 8.03. The number of H-pyrrole nitrogens is 1. The summed E-state index contributed by atoms with van der Waals surface area (Å²) in [6, 6.07) is 14.4. The first-order valence-corrected chi connectivity index (χ1v) is 10.0. The van der Waals surface area contributed by atoms with E-state index in [1.165, 1.54) is 10.7 Å². The molecule has 3 heterocycles. The monoisotopic (exact) mass is 404 g/mol. The van der Waals surface area contributed by atoms with Gasteiger partial charge in [-0.1, -0.05) is 35.5 Å². The van der Waals surface area contributed by atoms with Gasteiger partial charge in [-0.25, -0.2) is 14.1 Å². The number of aromatic amines is 1. The summed E-state index contributed by atoms with van der Waals surface area (Å²) in [5.74, 6) is 0.613. The number of halogens is 1. The van der Waals surface area contributed by atoms with Gasteiger partial charge in [0.05, 0.1) is 23.8 Å². The van der Waals surface area contributed by atoms with Gasteiger partial charge >= 0.3 is 0 Å². The number of hydrogen-bond acceptors (Lipinski definition) is 4. The first kappa shape index (κ1) is 18.5. The first-order chi connectivity index (χ1) is 14.7. The molecule has 1 N–H and O–H groups in total. The zero-order valence-electron chi connectivity index (χ0n) is 16.3. The molecule has 1 amide bonds. The number of likely N-dealkylation sites (tertiary alicyclic amines) is 1. The Kier molecular flexibility index (Phi) is 4.74. The number of para-hydroxylation sites is 2. The molecule has 0 spiro atoms. The molecule has 1 saturated heterocycles. The van der Waals surface area contributed by atoms with Crippen LogP contribution >= 0.6 is 0 Å². The second-order valence-corrected chi connectivity index (χ2v) is 7.62. The molecular weight excluding hydrogens is 383 g/mol. The molecular formula is C22H21FN6O. The topological polar surface area (TPSA) is 79.7 Å². The van der Waals surface area contributed by atoms with Gasteiger partial charge in [0, 0.05) is 24.6 Å². The maximum absolute atomic E-state index is 13.9. The lowest BCUT2D eigenvalue weighted by Crippen LogP contribution is -2.39. The number of nitrogens with zero attached hydrogens (tertiary/aromatic N) is 5. The van der Waals surface area contributed by atoms with E-state index in [4.69, 9.17) is 4.98 Å². The van der Waals surface area contributed by atoms with Crippen molar-refractivity contribution >= 4 is 16.9 Å². The van der Waals surface area contributed by atoms with Gasteiger partial charge in [0.2, 0.25) is 0 Å². The number of benzene rings is 2. The molecule has 1 aliphatic heterocycles. The fourth-order valence-electron chi connectivity index (χ4n) is 3.99. The van der Waals surface area contributed by atoms with Crippen molar-refractivity contribution in [2.24, 2.45) is 0 Å². The molecule has 0 radical (unpaired) electrons. The van der Waals surface area contributed by atoms with Crippen LogP contribution in [0.1, 0.15) is 40.6 Å². The lowest BCUT2D eigenvalue weighted by Gasteiger charge is -2.31. The zero-order chi connectivity index (χ0) is 20.5. The quantitative estimate of drug-likeness (QED) is 0.566. The van der Waals surface area contributed by atoms with Crippen molar-refractivity contribution in [2.45, 2.75) is 25.3 Å². The lowest BCUT2D eigenvalue weighted by atomic mass is 9.97. The Hall–Kier alpha value is -3.55. The molecule has 7 nitrogen and oxygen atoms in total. The molecule has 0 aliphatic carbocycles. The van der Waals surface area contributed by atoms with E-state index in [2.05, 4.69) is 15.3 Å². The van der Waals surface area contributed by atoms with Crippen molar-refractivity contribution in [3.8, 4) is 0 Å². The number of carbonyl (C=O) groups excluding carboxylic acids is 1. The molecule has 5 rings (SSSR count). The number of aromatic nitrogens is 5. The fraction of sp³-hybridized carbons (Fsp3) is 0.273. The van der Waals surface area contributed by atoms with Crippen molar-refractivity contribution < 1.29 is 9.18 Å². The molecule has 0 saturated carbocycles. The summed E-state index contributed by atoms with van der Waals surface area (Å²) in [6.45, 7) is 1.49. The summed E-state index contributed by atoms with van der Waals surface area (Å²) < 4.78 is 15.4. The first-order valence-electron chi connectivity index (χ1n) is 10.0. The van der Waals surface area contributed by atoms with Gasteiger partial charge in [-0.15, -0.1) is 5.10 Å². The average molecular weight is 404 g/mol. The molecule has 152 valence electrons. The van der Waals surface area contributed by atoms with Gasteiger partial charge in [-0.2, -0.15) is 0 Å². The van der Waals surface area contributed by atoms with Gasteiger partial charge < -0.3 is 9.88 Å². The predicted molar refractivity (Wildman–Crippen MR) is 109 cm³/mol. The molecule has 1 aliphatic rings. The van der Waals surface area contributed by atoms with Gasteiger partial charge in [0.1, 0.15) is 11.6 Å². The molecule has 30 heavy (non-hydrogen) atoms. The van der Waals surface area contributed by atoms with E-state index in [1.807, 2.05) is 24.3 Å². The molecule has 8 heteroatoms. The lowest BCUT2D eigenvalue weighted by molar-refractivity contribution is 0.0699. The van der Waals surface area contributed by atoms with Crippen LogP contribution in [0.4, 0.5) is 4.39 Å². The number of hydrogen-bond donors (Lipinski definition) is 1. The molecule has 2 aromatic carbocycles. The standard InChI is InChI=1S/C22H21FN6O/c23-17-8-2-1-6-15(17)13-29-14-20(26-27-29)22(30)28-11-5-7-16(12-28)21-24-18-9-3-4-10-19(18)25-21/h1-4,6,8-10,14,16H,5,7,11-13H2,(H,24,25)/t16-/m1/s1. The summed E-state index contributed by atoms with van der Waals surface area (Å²) in [5.41, 5.74) is 2.72. The van der Waals surface area contributed by atoms with Gasteiger partial charge in [0.25, 0.3) is 5.91 Å². The van der Waals surface area contributed by atoms with E-state index >= 15 is 0 Å². The summed E-state index contributed by atoms with van der Waals surface area (Å²) in [7, 11) is 0. The van der Waals surface area contributed by atoms with Gasteiger partial charge in [0.15, 0.2) is 5.69 Å². The number of imidazole rings is 1. The van der Waals surface area contributed by atoms with Crippen LogP contribution in [0.2, 0.25) is 0 Å². The zero-order valence-corrected chi connectivity index (χ0v) is 16.3. The maximum atomic E-state index is 13.9. The van der Waals surface area contributed by atoms with E-state index in [1.54, 1.807) is 29.3 Å². The SMILES string of the molecule is O=C(c1cn(Cc2ccccc2F)nn1)N1CCC[C@@H](c2nc3ccccc3[nH]2)C1. The summed E-state index contributed by atoms with van der Waals surface area (Å²) >= 11 is 0. The number of amides is 1. The van der Waals surface area contributed by atoms with Gasteiger partial charge in [-0.3, -0.25) is 4.79 Å². The largest absolute Gasteiger partial charge is 0.342 e. The van der Waals surface area contributed by atoms with Crippen LogP contribution in [0.25, 0.3) is 11.0 Å². The van der Waals surface area contributed by atoms with Crippen LogP contribution in [0, 0.1) is 5.82 Å². The normalized spacial score (nSPS) is 16.8. The fourth-order valence-corrected chi connectivity index (χ4v) is 3.99. The van der Waals surface area contributed by atoms with Crippen molar-refractivity contribution in [1.29, 1.82) is 0 Å². The summed E-state index contributed by atoms with van der Waals surface area (Å²) in [4.78, 5) is 22.9. The summed E-state index contributed by atoms with van der Waals surface area (Å²) in [6.07, 6.45) is 3.46. The molecule has 0 bridgehead atoms. The Morgan fingerprint density at radius 3 is 2.87 bits per heavy atom. The molecule has 1 atom stereocenters. The number of carbonyl (C=O) groups is 1. The van der Waals surface area contributed by atoms with Crippen LogP contribution in [0.3, 0.4) is 0 Å². The smallest absolute Gasteiger partial charge is 0.276 e. The Morgan fingerprint density at radius 1 is 1.17 bits per heavy atom.